The molecule has 2 unspecified atom stereocenters. The Kier molecular flexibility index (Phi) is 3.24. The Morgan fingerprint density at radius 2 is 2.17 bits per heavy atom. The summed E-state index contributed by atoms with van der Waals surface area (Å²) in [6.45, 7) is 0.872. The molecule has 2 aromatic rings. The van der Waals surface area contributed by atoms with Gasteiger partial charge in [-0.15, -0.1) is 0 Å². The normalized spacial score (nSPS) is 20.4. The molecule has 1 aliphatic rings. The van der Waals surface area contributed by atoms with E-state index in [2.05, 4.69) is 33.4 Å². The van der Waals surface area contributed by atoms with Crippen LogP contribution in [0.1, 0.15) is 29.0 Å². The summed E-state index contributed by atoms with van der Waals surface area (Å²) in [6, 6.07) is 9.91. The van der Waals surface area contributed by atoms with E-state index in [1.807, 2.05) is 12.1 Å². The first-order chi connectivity index (χ1) is 8.77. The standard InChI is InChI=1S/C14H14BrNO2/c15-11-6-8-18-14(11)13(17)12-10-4-2-1-3-9(10)5-7-16-12/h1-4,6,8,12-13,16-17H,5,7H2. The van der Waals surface area contributed by atoms with Crippen molar-refractivity contribution in [2.24, 2.45) is 0 Å². The van der Waals surface area contributed by atoms with Gasteiger partial charge in [-0.3, -0.25) is 0 Å². The van der Waals surface area contributed by atoms with Crippen molar-refractivity contribution in [2.45, 2.75) is 18.6 Å². The van der Waals surface area contributed by atoms with Crippen LogP contribution in [0.2, 0.25) is 0 Å². The molecule has 2 atom stereocenters. The number of halogens is 1. The van der Waals surface area contributed by atoms with E-state index in [1.165, 1.54) is 5.56 Å². The Balaban J connectivity index is 1.97. The predicted molar refractivity (Wildman–Crippen MR) is 72.3 cm³/mol. The molecule has 0 fully saturated rings. The molecular weight excluding hydrogens is 294 g/mol. The number of rotatable bonds is 2. The van der Waals surface area contributed by atoms with Gasteiger partial charge in [0.2, 0.25) is 0 Å². The van der Waals surface area contributed by atoms with Crippen molar-refractivity contribution in [3.63, 3.8) is 0 Å². The average molecular weight is 308 g/mol. The van der Waals surface area contributed by atoms with Gasteiger partial charge in [0.25, 0.3) is 0 Å². The largest absolute Gasteiger partial charge is 0.465 e. The van der Waals surface area contributed by atoms with Crippen LogP contribution in [0.4, 0.5) is 0 Å². The highest BCUT2D eigenvalue weighted by atomic mass is 79.9. The van der Waals surface area contributed by atoms with E-state index in [9.17, 15) is 5.11 Å². The second-order valence-corrected chi connectivity index (χ2v) is 5.31. The first-order valence-corrected chi connectivity index (χ1v) is 6.79. The maximum Gasteiger partial charge on any atom is 0.148 e. The van der Waals surface area contributed by atoms with Crippen LogP contribution in [0, 0.1) is 0 Å². The van der Waals surface area contributed by atoms with Gasteiger partial charge >= 0.3 is 0 Å². The summed E-state index contributed by atoms with van der Waals surface area (Å²) in [5, 5.41) is 13.8. The van der Waals surface area contributed by atoms with Crippen molar-refractivity contribution in [1.82, 2.24) is 5.32 Å². The fourth-order valence-electron chi connectivity index (χ4n) is 2.49. The van der Waals surface area contributed by atoms with Crippen LogP contribution in [0.25, 0.3) is 0 Å². The number of aliphatic hydroxyl groups is 1. The highest BCUT2D eigenvalue weighted by molar-refractivity contribution is 9.10. The second-order valence-electron chi connectivity index (χ2n) is 4.46. The summed E-state index contributed by atoms with van der Waals surface area (Å²) in [6.07, 6.45) is 1.90. The van der Waals surface area contributed by atoms with Crippen molar-refractivity contribution in [1.29, 1.82) is 0 Å². The van der Waals surface area contributed by atoms with Crippen molar-refractivity contribution in [3.05, 3.63) is 58.0 Å². The lowest BCUT2D eigenvalue weighted by molar-refractivity contribution is 0.101. The van der Waals surface area contributed by atoms with E-state index in [4.69, 9.17) is 4.42 Å². The molecule has 2 N–H and O–H groups in total. The van der Waals surface area contributed by atoms with Crippen LogP contribution in [0.15, 0.2) is 45.5 Å². The van der Waals surface area contributed by atoms with Crippen LogP contribution in [0.3, 0.4) is 0 Å². The number of hydrogen-bond acceptors (Lipinski definition) is 3. The lowest BCUT2D eigenvalue weighted by Crippen LogP contribution is -2.33. The van der Waals surface area contributed by atoms with Gasteiger partial charge < -0.3 is 14.8 Å². The predicted octanol–water partition coefficient (Wildman–Crippen LogP) is 2.96. The first kappa shape index (κ1) is 12.0. The number of furan rings is 1. The smallest absolute Gasteiger partial charge is 0.148 e. The Hall–Kier alpha value is -1.10. The van der Waals surface area contributed by atoms with Crippen LogP contribution in [-0.2, 0) is 6.42 Å². The minimum atomic E-state index is -0.684. The zero-order chi connectivity index (χ0) is 12.5. The van der Waals surface area contributed by atoms with Crippen molar-refractivity contribution in [3.8, 4) is 0 Å². The molecule has 4 heteroatoms. The molecule has 2 heterocycles. The van der Waals surface area contributed by atoms with Crippen LogP contribution in [-0.4, -0.2) is 11.7 Å². The highest BCUT2D eigenvalue weighted by Gasteiger charge is 2.30. The zero-order valence-electron chi connectivity index (χ0n) is 9.77. The summed E-state index contributed by atoms with van der Waals surface area (Å²) >= 11 is 3.39. The zero-order valence-corrected chi connectivity index (χ0v) is 11.4. The number of hydrogen-bond donors (Lipinski definition) is 2. The van der Waals surface area contributed by atoms with E-state index < -0.39 is 6.10 Å². The molecule has 1 aromatic carbocycles. The number of aliphatic hydroxyl groups excluding tert-OH is 1. The van der Waals surface area contributed by atoms with Gasteiger partial charge in [0.15, 0.2) is 0 Å². The third kappa shape index (κ3) is 2.00. The molecule has 0 aliphatic carbocycles. The fraction of sp³-hybridized carbons (Fsp3) is 0.286. The molecule has 3 rings (SSSR count). The van der Waals surface area contributed by atoms with Gasteiger partial charge in [0, 0.05) is 0 Å². The second kappa shape index (κ2) is 4.88. The minimum Gasteiger partial charge on any atom is -0.465 e. The summed E-state index contributed by atoms with van der Waals surface area (Å²) in [5.74, 6) is 0.573. The molecule has 1 aromatic heterocycles. The fourth-order valence-corrected chi connectivity index (χ4v) is 2.92. The SMILES string of the molecule is OC(c1occc1Br)C1NCCc2ccccc21. The van der Waals surface area contributed by atoms with Gasteiger partial charge in [-0.1, -0.05) is 24.3 Å². The minimum absolute atomic E-state index is 0.114. The maximum absolute atomic E-state index is 10.5. The quantitative estimate of drug-likeness (QED) is 0.896. The third-order valence-electron chi connectivity index (χ3n) is 3.38. The molecule has 94 valence electrons. The van der Waals surface area contributed by atoms with Crippen LogP contribution in [0.5, 0.6) is 0 Å². The summed E-state index contributed by atoms with van der Waals surface area (Å²) < 4.78 is 6.16. The lowest BCUT2D eigenvalue weighted by Gasteiger charge is -2.29. The van der Waals surface area contributed by atoms with E-state index >= 15 is 0 Å². The Labute approximate surface area is 114 Å². The van der Waals surface area contributed by atoms with E-state index in [1.54, 1.807) is 12.3 Å². The number of nitrogens with one attached hydrogen (secondary N) is 1. The summed E-state index contributed by atoms with van der Waals surface area (Å²) in [7, 11) is 0. The molecule has 0 spiro atoms. The van der Waals surface area contributed by atoms with Gasteiger partial charge in [-0.05, 0) is 46.1 Å². The summed E-state index contributed by atoms with van der Waals surface area (Å²) in [4.78, 5) is 0. The molecule has 0 amide bonds. The van der Waals surface area contributed by atoms with Gasteiger partial charge in [-0.25, -0.2) is 0 Å². The Morgan fingerprint density at radius 3 is 2.94 bits per heavy atom. The van der Waals surface area contributed by atoms with Crippen LogP contribution >= 0.6 is 15.9 Å². The summed E-state index contributed by atoms with van der Waals surface area (Å²) in [5.41, 5.74) is 2.45. The molecule has 1 aliphatic heterocycles. The lowest BCUT2D eigenvalue weighted by atomic mass is 9.90. The van der Waals surface area contributed by atoms with Crippen molar-refractivity contribution >= 4 is 15.9 Å². The average Bonchev–Trinajstić information content (AvgIpc) is 2.83. The molecule has 0 radical (unpaired) electrons. The van der Waals surface area contributed by atoms with Gasteiger partial charge in [0.05, 0.1) is 16.8 Å². The van der Waals surface area contributed by atoms with Gasteiger partial charge in [0.1, 0.15) is 11.9 Å². The van der Waals surface area contributed by atoms with Crippen LogP contribution < -0.4 is 5.32 Å². The van der Waals surface area contributed by atoms with E-state index in [-0.39, 0.29) is 6.04 Å². The number of fused-ring (bicyclic) bond motifs is 1. The molecule has 0 saturated carbocycles. The monoisotopic (exact) mass is 307 g/mol. The third-order valence-corrected chi connectivity index (χ3v) is 4.03. The Morgan fingerprint density at radius 1 is 1.33 bits per heavy atom. The van der Waals surface area contributed by atoms with E-state index in [0.717, 1.165) is 23.0 Å². The molecule has 3 nitrogen and oxygen atoms in total. The van der Waals surface area contributed by atoms with Crippen molar-refractivity contribution in [2.75, 3.05) is 6.54 Å². The molecule has 0 bridgehead atoms. The highest BCUT2D eigenvalue weighted by Crippen LogP contribution is 2.36. The molecular formula is C14H14BrNO2. The topological polar surface area (TPSA) is 45.4 Å². The van der Waals surface area contributed by atoms with Gasteiger partial charge in [-0.2, -0.15) is 0 Å². The van der Waals surface area contributed by atoms with E-state index in [0.29, 0.717) is 5.76 Å². The first-order valence-electron chi connectivity index (χ1n) is 5.99. The molecule has 0 saturated heterocycles. The molecule has 18 heavy (non-hydrogen) atoms. The van der Waals surface area contributed by atoms with Crippen molar-refractivity contribution < 1.29 is 9.52 Å². The number of benzene rings is 1. The Bertz CT molecular complexity index is 552. The maximum atomic E-state index is 10.5.